The van der Waals surface area contributed by atoms with Gasteiger partial charge in [0.25, 0.3) is 0 Å². The molecule has 78 valence electrons. The van der Waals surface area contributed by atoms with Crippen LogP contribution in [0.1, 0.15) is 55.7 Å². The average Bonchev–Trinajstić information content (AvgIpc) is 2.47. The minimum atomic E-state index is 0.490. The first-order valence-corrected chi connectivity index (χ1v) is 5.50. The minimum Gasteiger partial charge on any atom is -0.367 e. The van der Waals surface area contributed by atoms with Gasteiger partial charge in [-0.3, -0.25) is 0 Å². The van der Waals surface area contributed by atoms with E-state index >= 15 is 0 Å². The van der Waals surface area contributed by atoms with Gasteiger partial charge in [0.2, 0.25) is 5.88 Å². The first kappa shape index (κ1) is 9.56. The lowest BCUT2D eigenvalue weighted by atomic mass is 9.94. The summed E-state index contributed by atoms with van der Waals surface area (Å²) in [6.45, 7) is 2.01. The van der Waals surface area contributed by atoms with E-state index in [2.05, 4.69) is 5.16 Å². The standard InChI is InChI=1S/C11H18N2O/c1-8-10(13-14-11(8)12)9-6-4-2-3-5-7-9/h9H,2-7,12H2,1H3. The van der Waals surface area contributed by atoms with Gasteiger partial charge >= 0.3 is 0 Å². The van der Waals surface area contributed by atoms with Crippen LogP contribution in [0.15, 0.2) is 4.52 Å². The Morgan fingerprint density at radius 1 is 1.21 bits per heavy atom. The van der Waals surface area contributed by atoms with Gasteiger partial charge in [0.1, 0.15) is 0 Å². The molecule has 14 heavy (non-hydrogen) atoms. The highest BCUT2D eigenvalue weighted by molar-refractivity contribution is 5.38. The summed E-state index contributed by atoms with van der Waals surface area (Å²) >= 11 is 0. The summed E-state index contributed by atoms with van der Waals surface area (Å²) in [5.74, 6) is 1.07. The van der Waals surface area contributed by atoms with Crippen LogP contribution in [0.4, 0.5) is 5.88 Å². The van der Waals surface area contributed by atoms with Crippen LogP contribution in [0.5, 0.6) is 0 Å². The molecule has 0 saturated heterocycles. The predicted octanol–water partition coefficient (Wildman–Crippen LogP) is 3.00. The quantitative estimate of drug-likeness (QED) is 0.699. The van der Waals surface area contributed by atoms with Crippen molar-refractivity contribution < 1.29 is 4.52 Å². The zero-order chi connectivity index (χ0) is 9.97. The molecule has 0 aromatic carbocycles. The van der Waals surface area contributed by atoms with E-state index in [0.29, 0.717) is 11.8 Å². The zero-order valence-electron chi connectivity index (χ0n) is 8.75. The van der Waals surface area contributed by atoms with Gasteiger partial charge in [0.15, 0.2) is 0 Å². The molecule has 3 heteroatoms. The summed E-state index contributed by atoms with van der Waals surface area (Å²) < 4.78 is 5.02. The summed E-state index contributed by atoms with van der Waals surface area (Å²) in [5, 5.41) is 4.08. The number of nitrogens with zero attached hydrogens (tertiary/aromatic N) is 1. The van der Waals surface area contributed by atoms with Crippen LogP contribution in [0, 0.1) is 6.92 Å². The summed E-state index contributed by atoms with van der Waals surface area (Å²) in [7, 11) is 0. The Kier molecular flexibility index (Phi) is 2.75. The molecule has 0 spiro atoms. The third kappa shape index (κ3) is 1.76. The fraction of sp³-hybridized carbons (Fsp3) is 0.727. The SMILES string of the molecule is Cc1c(C2CCCCCC2)noc1N. The summed E-state index contributed by atoms with van der Waals surface area (Å²) in [6, 6.07) is 0. The van der Waals surface area contributed by atoms with Gasteiger partial charge in [0.05, 0.1) is 5.69 Å². The molecule has 0 radical (unpaired) electrons. The zero-order valence-corrected chi connectivity index (χ0v) is 8.75. The summed E-state index contributed by atoms with van der Waals surface area (Å²) in [5.41, 5.74) is 7.81. The van der Waals surface area contributed by atoms with E-state index in [1.54, 1.807) is 0 Å². The number of anilines is 1. The summed E-state index contributed by atoms with van der Waals surface area (Å²) in [6.07, 6.45) is 7.85. The maximum atomic E-state index is 5.66. The van der Waals surface area contributed by atoms with Crippen LogP contribution >= 0.6 is 0 Å². The van der Waals surface area contributed by atoms with Crippen LogP contribution in [-0.2, 0) is 0 Å². The minimum absolute atomic E-state index is 0.490. The molecule has 1 aromatic heterocycles. The monoisotopic (exact) mass is 194 g/mol. The van der Waals surface area contributed by atoms with Crippen molar-refractivity contribution in [1.29, 1.82) is 0 Å². The topological polar surface area (TPSA) is 52.0 Å². The maximum absolute atomic E-state index is 5.66. The van der Waals surface area contributed by atoms with Crippen LogP contribution in [0.3, 0.4) is 0 Å². The Morgan fingerprint density at radius 3 is 2.36 bits per heavy atom. The smallest absolute Gasteiger partial charge is 0.225 e. The molecule has 0 atom stereocenters. The third-order valence-corrected chi connectivity index (χ3v) is 3.24. The van der Waals surface area contributed by atoms with Crippen LogP contribution in [-0.4, -0.2) is 5.16 Å². The Morgan fingerprint density at radius 2 is 1.86 bits per heavy atom. The Labute approximate surface area is 84.7 Å². The number of nitrogen functional groups attached to an aromatic ring is 1. The third-order valence-electron chi connectivity index (χ3n) is 3.24. The second-order valence-corrected chi connectivity index (χ2v) is 4.25. The molecule has 3 nitrogen and oxygen atoms in total. The molecule has 1 aliphatic carbocycles. The Bertz CT molecular complexity index is 298. The van der Waals surface area contributed by atoms with E-state index in [9.17, 15) is 0 Å². The van der Waals surface area contributed by atoms with Gasteiger partial charge in [-0.2, -0.15) is 0 Å². The van der Waals surface area contributed by atoms with Crippen molar-refractivity contribution in [3.05, 3.63) is 11.3 Å². The van der Waals surface area contributed by atoms with Crippen molar-refractivity contribution >= 4 is 5.88 Å². The lowest BCUT2D eigenvalue weighted by Gasteiger charge is -2.10. The molecule has 1 aromatic rings. The van der Waals surface area contributed by atoms with E-state index in [4.69, 9.17) is 10.3 Å². The van der Waals surface area contributed by atoms with Gasteiger partial charge < -0.3 is 10.3 Å². The first-order chi connectivity index (χ1) is 6.79. The molecule has 1 aliphatic rings. The normalized spacial score (nSPS) is 19.5. The average molecular weight is 194 g/mol. The van der Waals surface area contributed by atoms with Crippen molar-refractivity contribution in [2.75, 3.05) is 5.73 Å². The van der Waals surface area contributed by atoms with Crippen molar-refractivity contribution in [3.63, 3.8) is 0 Å². The molecule has 0 aliphatic heterocycles. The maximum Gasteiger partial charge on any atom is 0.225 e. The highest BCUT2D eigenvalue weighted by Gasteiger charge is 2.20. The van der Waals surface area contributed by atoms with E-state index in [1.165, 1.54) is 38.5 Å². The molecule has 1 saturated carbocycles. The largest absolute Gasteiger partial charge is 0.367 e. The van der Waals surface area contributed by atoms with Gasteiger partial charge in [-0.05, 0) is 19.8 Å². The van der Waals surface area contributed by atoms with Crippen LogP contribution in [0.2, 0.25) is 0 Å². The first-order valence-electron chi connectivity index (χ1n) is 5.50. The summed E-state index contributed by atoms with van der Waals surface area (Å²) in [4.78, 5) is 0. The van der Waals surface area contributed by atoms with E-state index in [-0.39, 0.29) is 0 Å². The second kappa shape index (κ2) is 4.03. The van der Waals surface area contributed by atoms with Crippen molar-refractivity contribution in [2.24, 2.45) is 0 Å². The van der Waals surface area contributed by atoms with Gasteiger partial charge in [-0.1, -0.05) is 30.8 Å². The molecule has 0 unspecified atom stereocenters. The second-order valence-electron chi connectivity index (χ2n) is 4.25. The lowest BCUT2D eigenvalue weighted by Crippen LogP contribution is -1.99. The number of hydrogen-bond acceptors (Lipinski definition) is 3. The predicted molar refractivity (Wildman–Crippen MR) is 56.1 cm³/mol. The molecule has 1 fully saturated rings. The number of hydrogen-bond donors (Lipinski definition) is 1. The molecule has 0 bridgehead atoms. The van der Waals surface area contributed by atoms with E-state index < -0.39 is 0 Å². The van der Waals surface area contributed by atoms with Gasteiger partial charge in [-0.15, -0.1) is 0 Å². The van der Waals surface area contributed by atoms with Crippen molar-refractivity contribution in [2.45, 2.75) is 51.4 Å². The number of aromatic nitrogens is 1. The Balaban J connectivity index is 2.16. The molecule has 0 amide bonds. The van der Waals surface area contributed by atoms with Crippen molar-refractivity contribution in [3.8, 4) is 0 Å². The molecular formula is C11H18N2O. The highest BCUT2D eigenvalue weighted by atomic mass is 16.5. The van der Waals surface area contributed by atoms with E-state index in [1.807, 2.05) is 6.92 Å². The molecule has 2 N–H and O–H groups in total. The number of rotatable bonds is 1. The van der Waals surface area contributed by atoms with Crippen molar-refractivity contribution in [1.82, 2.24) is 5.16 Å². The Hall–Kier alpha value is -0.990. The van der Waals surface area contributed by atoms with Crippen LogP contribution in [0.25, 0.3) is 0 Å². The lowest BCUT2D eigenvalue weighted by molar-refractivity contribution is 0.413. The highest BCUT2D eigenvalue weighted by Crippen LogP contribution is 2.33. The number of nitrogens with two attached hydrogens (primary N) is 1. The molecule has 2 rings (SSSR count). The fourth-order valence-electron chi connectivity index (χ4n) is 2.30. The van der Waals surface area contributed by atoms with E-state index in [0.717, 1.165) is 11.3 Å². The van der Waals surface area contributed by atoms with Gasteiger partial charge in [-0.25, -0.2) is 0 Å². The fourth-order valence-corrected chi connectivity index (χ4v) is 2.30. The molecular weight excluding hydrogens is 176 g/mol. The van der Waals surface area contributed by atoms with Gasteiger partial charge in [0, 0.05) is 11.5 Å². The molecule has 1 heterocycles. The van der Waals surface area contributed by atoms with Crippen LogP contribution < -0.4 is 5.73 Å².